The molecule has 0 radical (unpaired) electrons. The number of nitrogen functional groups attached to an aromatic ring is 1. The molecular formula is C16H19N3O2. The molecule has 1 amide bonds. The first-order valence-electron chi connectivity index (χ1n) is 6.92. The summed E-state index contributed by atoms with van der Waals surface area (Å²) in [5.74, 6) is 0.303. The van der Waals surface area contributed by atoms with E-state index >= 15 is 0 Å². The van der Waals surface area contributed by atoms with Gasteiger partial charge in [0.25, 0.3) is 5.91 Å². The highest BCUT2D eigenvalue weighted by Gasteiger charge is 2.21. The van der Waals surface area contributed by atoms with E-state index in [1.54, 1.807) is 47.6 Å². The zero-order valence-corrected chi connectivity index (χ0v) is 12.2. The van der Waals surface area contributed by atoms with Gasteiger partial charge < -0.3 is 15.4 Å². The predicted octanol–water partition coefficient (Wildman–Crippen LogP) is 2.73. The third-order valence-electron chi connectivity index (χ3n) is 3.10. The van der Waals surface area contributed by atoms with Crippen LogP contribution in [-0.4, -0.2) is 24.0 Å². The third-order valence-corrected chi connectivity index (χ3v) is 3.10. The maximum absolute atomic E-state index is 12.8. The van der Waals surface area contributed by atoms with Crippen LogP contribution in [0.4, 0.5) is 11.4 Å². The molecule has 0 saturated carbocycles. The van der Waals surface area contributed by atoms with Gasteiger partial charge in [0.15, 0.2) is 5.75 Å². The molecule has 0 bridgehead atoms. The van der Waals surface area contributed by atoms with Crippen LogP contribution in [0.5, 0.6) is 5.75 Å². The van der Waals surface area contributed by atoms with Gasteiger partial charge in [-0.05, 0) is 38.1 Å². The van der Waals surface area contributed by atoms with Crippen LogP contribution in [0.2, 0.25) is 0 Å². The number of benzene rings is 1. The quantitative estimate of drug-likeness (QED) is 0.858. The topological polar surface area (TPSA) is 68.5 Å². The highest BCUT2D eigenvalue weighted by molar-refractivity contribution is 6.08. The second-order valence-corrected chi connectivity index (χ2v) is 4.41. The molecule has 2 N–H and O–H groups in total. The Labute approximate surface area is 124 Å². The number of amides is 1. The number of aromatic nitrogens is 1. The Balaban J connectivity index is 2.41. The molecule has 1 aromatic carbocycles. The first-order chi connectivity index (χ1) is 10.2. The summed E-state index contributed by atoms with van der Waals surface area (Å²) in [6.07, 6.45) is 3.32. The van der Waals surface area contributed by atoms with Gasteiger partial charge in [0.05, 0.1) is 17.9 Å². The second-order valence-electron chi connectivity index (χ2n) is 4.41. The van der Waals surface area contributed by atoms with Crippen molar-refractivity contribution in [2.75, 3.05) is 23.8 Å². The lowest BCUT2D eigenvalue weighted by Gasteiger charge is -2.22. The van der Waals surface area contributed by atoms with Crippen LogP contribution in [0.1, 0.15) is 24.2 Å². The van der Waals surface area contributed by atoms with Gasteiger partial charge in [-0.2, -0.15) is 0 Å². The van der Waals surface area contributed by atoms with Crippen molar-refractivity contribution < 1.29 is 9.53 Å². The van der Waals surface area contributed by atoms with E-state index in [-0.39, 0.29) is 5.91 Å². The smallest absolute Gasteiger partial charge is 0.262 e. The molecule has 2 aromatic rings. The standard InChI is InChI=1S/C16H19N3O2/c1-3-19(12-8-10-18-11-9-12)16(20)13-6-5-7-14(17)15(13)21-4-2/h5-11H,3-4,17H2,1-2H3. The zero-order chi connectivity index (χ0) is 15.2. The number of hydrogen-bond acceptors (Lipinski definition) is 4. The number of pyridine rings is 1. The van der Waals surface area contributed by atoms with E-state index in [1.165, 1.54) is 0 Å². The summed E-state index contributed by atoms with van der Waals surface area (Å²) in [5.41, 5.74) is 7.65. The number of hydrogen-bond donors (Lipinski definition) is 1. The van der Waals surface area contributed by atoms with Gasteiger partial charge in [-0.15, -0.1) is 0 Å². The molecule has 5 nitrogen and oxygen atoms in total. The molecule has 21 heavy (non-hydrogen) atoms. The summed E-state index contributed by atoms with van der Waals surface area (Å²) in [4.78, 5) is 18.4. The van der Waals surface area contributed by atoms with Crippen LogP contribution < -0.4 is 15.4 Å². The van der Waals surface area contributed by atoms with Crippen LogP contribution in [0.25, 0.3) is 0 Å². The molecule has 0 aliphatic heterocycles. The highest BCUT2D eigenvalue weighted by Crippen LogP contribution is 2.28. The van der Waals surface area contributed by atoms with E-state index in [2.05, 4.69) is 4.98 Å². The maximum atomic E-state index is 12.8. The van der Waals surface area contributed by atoms with Crippen molar-refractivity contribution in [3.8, 4) is 5.75 Å². The lowest BCUT2D eigenvalue weighted by Crippen LogP contribution is -2.31. The van der Waals surface area contributed by atoms with Crippen LogP contribution in [0.3, 0.4) is 0 Å². The van der Waals surface area contributed by atoms with Crippen LogP contribution in [0, 0.1) is 0 Å². The van der Waals surface area contributed by atoms with E-state index in [1.807, 2.05) is 13.8 Å². The van der Waals surface area contributed by atoms with Gasteiger partial charge in [0, 0.05) is 24.6 Å². The number of carbonyl (C=O) groups excluding carboxylic acids is 1. The maximum Gasteiger partial charge on any atom is 0.262 e. The largest absolute Gasteiger partial charge is 0.491 e. The summed E-state index contributed by atoms with van der Waals surface area (Å²) in [5, 5.41) is 0. The minimum Gasteiger partial charge on any atom is -0.491 e. The fourth-order valence-corrected chi connectivity index (χ4v) is 2.14. The fraction of sp³-hybridized carbons (Fsp3) is 0.250. The molecule has 0 aliphatic carbocycles. The molecule has 2 rings (SSSR count). The molecule has 0 atom stereocenters. The summed E-state index contributed by atoms with van der Waals surface area (Å²) in [6.45, 7) is 4.78. The van der Waals surface area contributed by atoms with E-state index in [0.717, 1.165) is 5.69 Å². The summed E-state index contributed by atoms with van der Waals surface area (Å²) in [6, 6.07) is 8.81. The normalized spacial score (nSPS) is 10.2. The minimum atomic E-state index is -0.139. The first-order valence-corrected chi connectivity index (χ1v) is 6.92. The molecule has 1 heterocycles. The first kappa shape index (κ1) is 14.8. The van der Waals surface area contributed by atoms with Gasteiger partial charge in [0.1, 0.15) is 0 Å². The predicted molar refractivity (Wildman–Crippen MR) is 83.6 cm³/mol. The SMILES string of the molecule is CCOc1c(N)cccc1C(=O)N(CC)c1ccncc1. The second kappa shape index (κ2) is 6.74. The van der Waals surface area contributed by atoms with Crippen molar-refractivity contribution in [1.82, 2.24) is 4.98 Å². The zero-order valence-electron chi connectivity index (χ0n) is 12.2. The number of nitrogens with zero attached hydrogens (tertiary/aromatic N) is 2. The Morgan fingerprint density at radius 1 is 1.24 bits per heavy atom. The number of rotatable bonds is 5. The summed E-state index contributed by atoms with van der Waals surface area (Å²) in [7, 11) is 0. The van der Waals surface area contributed by atoms with Crippen molar-refractivity contribution in [2.24, 2.45) is 0 Å². The van der Waals surface area contributed by atoms with Crippen molar-refractivity contribution in [3.05, 3.63) is 48.3 Å². The molecule has 0 fully saturated rings. The monoisotopic (exact) mass is 285 g/mol. The molecule has 110 valence electrons. The van der Waals surface area contributed by atoms with E-state index in [0.29, 0.717) is 30.2 Å². The Hall–Kier alpha value is -2.56. The van der Waals surface area contributed by atoms with Crippen LogP contribution in [0.15, 0.2) is 42.7 Å². The number of nitrogens with two attached hydrogens (primary N) is 1. The van der Waals surface area contributed by atoms with Crippen LogP contribution in [-0.2, 0) is 0 Å². The molecule has 0 aliphatic rings. The Morgan fingerprint density at radius 3 is 2.57 bits per heavy atom. The average molecular weight is 285 g/mol. The summed E-state index contributed by atoms with van der Waals surface area (Å²) >= 11 is 0. The fourth-order valence-electron chi connectivity index (χ4n) is 2.14. The van der Waals surface area contributed by atoms with E-state index in [9.17, 15) is 4.79 Å². The van der Waals surface area contributed by atoms with E-state index in [4.69, 9.17) is 10.5 Å². The van der Waals surface area contributed by atoms with Gasteiger partial charge in [0.2, 0.25) is 0 Å². The Bertz CT molecular complexity index is 614. The number of anilines is 2. The van der Waals surface area contributed by atoms with Gasteiger partial charge in [-0.3, -0.25) is 9.78 Å². The van der Waals surface area contributed by atoms with Gasteiger partial charge >= 0.3 is 0 Å². The van der Waals surface area contributed by atoms with Gasteiger partial charge in [-0.25, -0.2) is 0 Å². The number of carbonyl (C=O) groups is 1. The van der Waals surface area contributed by atoms with Crippen molar-refractivity contribution in [1.29, 1.82) is 0 Å². The lowest BCUT2D eigenvalue weighted by molar-refractivity contribution is 0.0984. The highest BCUT2D eigenvalue weighted by atomic mass is 16.5. The number of ether oxygens (including phenoxy) is 1. The van der Waals surface area contributed by atoms with Gasteiger partial charge in [-0.1, -0.05) is 6.07 Å². The molecule has 0 unspecified atom stereocenters. The summed E-state index contributed by atoms with van der Waals surface area (Å²) < 4.78 is 5.53. The molecule has 0 saturated heterocycles. The molecule has 0 spiro atoms. The van der Waals surface area contributed by atoms with Crippen molar-refractivity contribution >= 4 is 17.3 Å². The molecule has 5 heteroatoms. The van der Waals surface area contributed by atoms with Crippen LogP contribution >= 0.6 is 0 Å². The lowest BCUT2D eigenvalue weighted by atomic mass is 10.1. The Morgan fingerprint density at radius 2 is 1.95 bits per heavy atom. The molecule has 1 aromatic heterocycles. The molecular weight excluding hydrogens is 266 g/mol. The number of para-hydroxylation sites is 1. The average Bonchev–Trinajstić information content (AvgIpc) is 2.51. The Kier molecular flexibility index (Phi) is 4.77. The third kappa shape index (κ3) is 3.13. The van der Waals surface area contributed by atoms with E-state index < -0.39 is 0 Å². The minimum absolute atomic E-state index is 0.139. The van der Waals surface area contributed by atoms with Crippen molar-refractivity contribution in [3.63, 3.8) is 0 Å². The van der Waals surface area contributed by atoms with Crippen molar-refractivity contribution in [2.45, 2.75) is 13.8 Å².